The van der Waals surface area contributed by atoms with Gasteiger partial charge in [-0.25, -0.2) is 9.59 Å². The summed E-state index contributed by atoms with van der Waals surface area (Å²) in [4.78, 5) is 34.1. The van der Waals surface area contributed by atoms with Gasteiger partial charge in [-0.3, -0.25) is 0 Å². The van der Waals surface area contributed by atoms with E-state index in [0.29, 0.717) is 30.1 Å². The zero-order valence-electron chi connectivity index (χ0n) is 15.8. The molecular weight excluding hydrogens is 352 g/mol. The van der Waals surface area contributed by atoms with Gasteiger partial charge in [-0.2, -0.15) is 15.0 Å². The van der Waals surface area contributed by atoms with Crippen LogP contribution in [0.25, 0.3) is 0 Å². The Morgan fingerprint density at radius 1 is 1.07 bits per heavy atom. The lowest BCUT2D eigenvalue weighted by Crippen LogP contribution is -2.27. The third kappa shape index (κ3) is 8.84. The summed E-state index contributed by atoms with van der Waals surface area (Å²) in [6.07, 6.45) is 7.38. The topological polar surface area (TPSA) is 155 Å². The number of nitrogen functional groups attached to an aromatic ring is 1. The van der Waals surface area contributed by atoms with E-state index in [0.717, 1.165) is 13.1 Å². The number of hydrogen-bond acceptors (Lipinski definition) is 8. The molecule has 0 saturated heterocycles. The Hall–Kier alpha value is -2.91. The highest BCUT2D eigenvalue weighted by molar-refractivity contribution is 5.89. The molecule has 0 unspecified atom stereocenters. The van der Waals surface area contributed by atoms with Crippen molar-refractivity contribution in [3.05, 3.63) is 12.2 Å². The highest BCUT2D eigenvalue weighted by Crippen LogP contribution is 2.21. The molecule has 0 aromatic carbocycles. The van der Waals surface area contributed by atoms with Gasteiger partial charge in [-0.1, -0.05) is 19.3 Å². The van der Waals surface area contributed by atoms with Crippen LogP contribution in [-0.2, 0) is 9.59 Å². The quantitative estimate of drug-likeness (QED) is 0.514. The predicted molar refractivity (Wildman–Crippen MR) is 103 cm³/mol. The van der Waals surface area contributed by atoms with Gasteiger partial charge in [0.15, 0.2) is 0 Å². The van der Waals surface area contributed by atoms with Crippen molar-refractivity contribution in [1.82, 2.24) is 15.0 Å². The van der Waals surface area contributed by atoms with Crippen molar-refractivity contribution >= 4 is 29.8 Å². The molecule has 27 heavy (non-hydrogen) atoms. The molecule has 150 valence electrons. The van der Waals surface area contributed by atoms with Crippen LogP contribution in [0.5, 0.6) is 0 Å². The van der Waals surface area contributed by atoms with Crippen molar-refractivity contribution in [2.45, 2.75) is 52.0 Å². The lowest BCUT2D eigenvalue weighted by atomic mass is 9.96. The summed E-state index contributed by atoms with van der Waals surface area (Å²) in [5.74, 6) is -0.952. The maximum atomic E-state index is 9.55. The van der Waals surface area contributed by atoms with E-state index in [-0.39, 0.29) is 5.95 Å². The second kappa shape index (κ2) is 11.7. The first-order chi connectivity index (χ1) is 12.8. The molecular formula is C17H28N6O4. The fourth-order valence-corrected chi connectivity index (χ4v) is 2.67. The standard InChI is InChI=1S/C13H24N6.C4H4O4/c1-3-19(4-2)13-17-11(14)16-12(18-13)15-10-8-6-5-7-9-10;5-3(6)1-2-4(7)8/h10H,3-9H2,1-2H3,(H3,14,15,16,17,18);1-2H,(H,5,6)(H,7,8)/b;2-1-. The van der Waals surface area contributed by atoms with Crippen molar-refractivity contribution in [1.29, 1.82) is 0 Å². The molecule has 2 rings (SSSR count). The van der Waals surface area contributed by atoms with Gasteiger partial charge >= 0.3 is 11.9 Å². The molecule has 1 fully saturated rings. The van der Waals surface area contributed by atoms with E-state index in [4.69, 9.17) is 15.9 Å². The average molecular weight is 380 g/mol. The summed E-state index contributed by atoms with van der Waals surface area (Å²) in [6.45, 7) is 5.89. The first-order valence-electron chi connectivity index (χ1n) is 9.02. The number of aliphatic carboxylic acids is 2. The summed E-state index contributed by atoms with van der Waals surface area (Å²) in [6, 6.07) is 0.472. The van der Waals surface area contributed by atoms with Crippen LogP contribution in [0.3, 0.4) is 0 Å². The number of nitrogens with zero attached hydrogens (tertiary/aromatic N) is 4. The fraction of sp³-hybridized carbons (Fsp3) is 0.588. The summed E-state index contributed by atoms with van der Waals surface area (Å²) in [5, 5.41) is 19.0. The third-order valence-electron chi connectivity index (χ3n) is 3.99. The highest BCUT2D eigenvalue weighted by Gasteiger charge is 2.16. The molecule has 1 aromatic rings. The zero-order valence-corrected chi connectivity index (χ0v) is 15.8. The van der Waals surface area contributed by atoms with Crippen LogP contribution in [0.2, 0.25) is 0 Å². The number of carboxylic acid groups (broad SMARTS) is 2. The Labute approximate surface area is 158 Å². The van der Waals surface area contributed by atoms with Gasteiger partial charge in [0.2, 0.25) is 17.8 Å². The molecule has 1 saturated carbocycles. The average Bonchev–Trinajstić information content (AvgIpc) is 2.62. The molecule has 0 amide bonds. The van der Waals surface area contributed by atoms with Gasteiger partial charge in [0.1, 0.15) is 0 Å². The molecule has 10 heteroatoms. The largest absolute Gasteiger partial charge is 0.478 e. The smallest absolute Gasteiger partial charge is 0.328 e. The number of nitrogens with two attached hydrogens (primary N) is 1. The lowest BCUT2D eigenvalue weighted by Gasteiger charge is -2.24. The minimum absolute atomic E-state index is 0.287. The predicted octanol–water partition coefficient (Wildman–Crippen LogP) is 1.76. The van der Waals surface area contributed by atoms with Gasteiger partial charge in [-0.05, 0) is 26.7 Å². The van der Waals surface area contributed by atoms with Crippen LogP contribution in [0.1, 0.15) is 46.0 Å². The third-order valence-corrected chi connectivity index (χ3v) is 3.99. The lowest BCUT2D eigenvalue weighted by molar-refractivity contribution is -0.134. The Kier molecular flexibility index (Phi) is 9.55. The maximum absolute atomic E-state index is 9.55. The number of hydrogen-bond donors (Lipinski definition) is 4. The zero-order chi connectivity index (χ0) is 20.2. The summed E-state index contributed by atoms with van der Waals surface area (Å²) in [7, 11) is 0. The Balaban J connectivity index is 0.000000387. The first kappa shape index (κ1) is 22.1. The monoisotopic (exact) mass is 380 g/mol. The number of rotatable bonds is 7. The van der Waals surface area contributed by atoms with Crippen molar-refractivity contribution in [2.75, 3.05) is 29.0 Å². The summed E-state index contributed by atoms with van der Waals surface area (Å²) < 4.78 is 0. The minimum atomic E-state index is -1.26. The fourth-order valence-electron chi connectivity index (χ4n) is 2.67. The molecule has 1 aliphatic carbocycles. The van der Waals surface area contributed by atoms with E-state index in [2.05, 4.69) is 39.0 Å². The highest BCUT2D eigenvalue weighted by atomic mass is 16.4. The van der Waals surface area contributed by atoms with E-state index in [1.54, 1.807) is 0 Å². The van der Waals surface area contributed by atoms with Crippen molar-refractivity contribution in [3.8, 4) is 0 Å². The van der Waals surface area contributed by atoms with E-state index < -0.39 is 11.9 Å². The number of anilines is 3. The summed E-state index contributed by atoms with van der Waals surface area (Å²) in [5.41, 5.74) is 5.78. The van der Waals surface area contributed by atoms with Gasteiger partial charge in [0.25, 0.3) is 0 Å². The van der Waals surface area contributed by atoms with Crippen molar-refractivity contribution in [2.24, 2.45) is 0 Å². The van der Waals surface area contributed by atoms with E-state index in [1.807, 2.05) is 0 Å². The Morgan fingerprint density at radius 2 is 1.63 bits per heavy atom. The van der Waals surface area contributed by atoms with Gasteiger partial charge in [-0.15, -0.1) is 0 Å². The molecule has 0 bridgehead atoms. The van der Waals surface area contributed by atoms with E-state index in [9.17, 15) is 9.59 Å². The minimum Gasteiger partial charge on any atom is -0.478 e. The van der Waals surface area contributed by atoms with E-state index >= 15 is 0 Å². The molecule has 0 radical (unpaired) electrons. The van der Waals surface area contributed by atoms with Crippen molar-refractivity contribution in [3.63, 3.8) is 0 Å². The number of nitrogens with one attached hydrogen (secondary N) is 1. The Bertz CT molecular complexity index is 626. The summed E-state index contributed by atoms with van der Waals surface area (Å²) >= 11 is 0. The van der Waals surface area contributed by atoms with Gasteiger partial charge in [0, 0.05) is 31.3 Å². The van der Waals surface area contributed by atoms with E-state index in [1.165, 1.54) is 32.1 Å². The molecule has 1 aliphatic rings. The molecule has 1 heterocycles. The maximum Gasteiger partial charge on any atom is 0.328 e. The second-order valence-electron chi connectivity index (χ2n) is 5.98. The SMILES string of the molecule is CCN(CC)c1nc(N)nc(NC2CCCCC2)n1.O=C(O)/C=C\C(=O)O. The second-order valence-corrected chi connectivity index (χ2v) is 5.98. The molecule has 0 spiro atoms. The van der Waals surface area contributed by atoms with Crippen LogP contribution in [-0.4, -0.2) is 56.2 Å². The molecule has 5 N–H and O–H groups in total. The molecule has 10 nitrogen and oxygen atoms in total. The van der Waals surface area contributed by atoms with Gasteiger partial charge in [0.05, 0.1) is 0 Å². The van der Waals surface area contributed by atoms with Crippen LogP contribution >= 0.6 is 0 Å². The van der Waals surface area contributed by atoms with Crippen LogP contribution in [0.4, 0.5) is 17.8 Å². The van der Waals surface area contributed by atoms with Crippen molar-refractivity contribution < 1.29 is 19.8 Å². The van der Waals surface area contributed by atoms with Crippen LogP contribution < -0.4 is 16.0 Å². The Morgan fingerprint density at radius 3 is 2.11 bits per heavy atom. The number of carbonyl (C=O) groups is 2. The van der Waals surface area contributed by atoms with Crippen LogP contribution in [0.15, 0.2) is 12.2 Å². The number of carboxylic acids is 2. The first-order valence-corrected chi connectivity index (χ1v) is 9.02. The van der Waals surface area contributed by atoms with Gasteiger partial charge < -0.3 is 26.2 Å². The normalized spacial score (nSPS) is 14.3. The van der Waals surface area contributed by atoms with Crippen LogP contribution in [0, 0.1) is 0 Å². The molecule has 1 aromatic heterocycles. The number of aromatic nitrogens is 3. The molecule has 0 atom stereocenters. The molecule has 0 aliphatic heterocycles.